The minimum absolute atomic E-state index is 0.0301. The summed E-state index contributed by atoms with van der Waals surface area (Å²) in [6.45, 7) is 5.86. The van der Waals surface area contributed by atoms with Gasteiger partial charge in [0.05, 0.1) is 28.5 Å². The van der Waals surface area contributed by atoms with E-state index in [9.17, 15) is 23.1 Å². The number of hydrogen-bond acceptors (Lipinski definition) is 5. The number of fused-ring (bicyclic) bond motifs is 1. The number of piperidine rings is 1. The van der Waals surface area contributed by atoms with Crippen molar-refractivity contribution >= 4 is 22.5 Å². The molecule has 3 aromatic rings. The van der Waals surface area contributed by atoms with E-state index in [1.165, 1.54) is 19.1 Å². The molecule has 2 N–H and O–H groups in total. The Morgan fingerprint density at radius 1 is 1.21 bits per heavy atom. The van der Waals surface area contributed by atoms with E-state index in [-0.39, 0.29) is 11.5 Å². The van der Waals surface area contributed by atoms with E-state index < -0.39 is 29.4 Å². The number of hydrogen-bond donors (Lipinski definition) is 2. The molecule has 1 atom stereocenters. The molecule has 0 spiro atoms. The van der Waals surface area contributed by atoms with Crippen LogP contribution < -0.4 is 5.32 Å². The number of benzene rings is 1. The molecule has 3 heterocycles. The highest BCUT2D eigenvalue weighted by Crippen LogP contribution is 2.36. The topological polar surface area (TPSA) is 78.4 Å². The summed E-state index contributed by atoms with van der Waals surface area (Å²) >= 11 is 0. The van der Waals surface area contributed by atoms with Crippen molar-refractivity contribution in [2.45, 2.75) is 51.7 Å². The average molecular weight is 473 g/mol. The highest BCUT2D eigenvalue weighted by molar-refractivity contribution is 5.92. The van der Waals surface area contributed by atoms with E-state index in [1.807, 2.05) is 0 Å². The second-order valence-corrected chi connectivity index (χ2v) is 8.80. The van der Waals surface area contributed by atoms with E-state index in [4.69, 9.17) is 0 Å². The molecular weight excluding hydrogens is 445 g/mol. The van der Waals surface area contributed by atoms with Gasteiger partial charge in [-0.25, -0.2) is 13.2 Å². The number of pyridine rings is 2. The smallest absolute Gasteiger partial charge is 0.266 e. The molecular formula is C25H27F3N4O2. The van der Waals surface area contributed by atoms with Gasteiger partial charge in [-0.1, -0.05) is 18.2 Å². The third-order valence-electron chi connectivity index (χ3n) is 6.55. The van der Waals surface area contributed by atoms with E-state index in [2.05, 4.69) is 15.3 Å². The maximum atomic E-state index is 14.7. The van der Waals surface area contributed by atoms with Gasteiger partial charge in [0.25, 0.3) is 6.43 Å². The third kappa shape index (κ3) is 4.44. The summed E-state index contributed by atoms with van der Waals surface area (Å²) in [4.78, 5) is 22.4. The molecule has 4 rings (SSSR count). The summed E-state index contributed by atoms with van der Waals surface area (Å²) in [5.74, 6) is -0.960. The number of amides is 1. The fourth-order valence-corrected chi connectivity index (χ4v) is 4.50. The van der Waals surface area contributed by atoms with Crippen LogP contribution in [0.4, 0.5) is 18.9 Å². The molecule has 2 aromatic heterocycles. The lowest BCUT2D eigenvalue weighted by molar-refractivity contribution is -0.133. The lowest BCUT2D eigenvalue weighted by Crippen LogP contribution is -2.44. The van der Waals surface area contributed by atoms with Gasteiger partial charge < -0.3 is 15.3 Å². The Kier molecular flexibility index (Phi) is 6.49. The predicted octanol–water partition coefficient (Wildman–Crippen LogP) is 5.02. The van der Waals surface area contributed by atoms with Crippen LogP contribution in [0, 0.1) is 12.7 Å². The number of nitrogens with one attached hydrogen (secondary N) is 1. The Morgan fingerprint density at radius 2 is 1.88 bits per heavy atom. The average Bonchev–Trinajstić information content (AvgIpc) is 2.79. The molecule has 1 saturated heterocycles. The number of rotatable bonds is 5. The number of likely N-dealkylation sites (tertiary alicyclic amines) is 1. The van der Waals surface area contributed by atoms with Gasteiger partial charge in [0, 0.05) is 42.8 Å². The first-order valence-corrected chi connectivity index (χ1v) is 11.2. The summed E-state index contributed by atoms with van der Waals surface area (Å²) in [5, 5.41) is 15.2. The van der Waals surface area contributed by atoms with Crippen LogP contribution in [0.5, 0.6) is 0 Å². The van der Waals surface area contributed by atoms with E-state index in [0.29, 0.717) is 53.9 Å². The molecule has 180 valence electrons. The maximum absolute atomic E-state index is 14.7. The number of aryl methyl sites for hydroxylation is 1. The molecule has 0 radical (unpaired) electrons. The van der Waals surface area contributed by atoms with Crippen LogP contribution in [0.15, 0.2) is 36.5 Å². The number of anilines is 1. The van der Waals surface area contributed by atoms with Crippen LogP contribution in [0.25, 0.3) is 10.9 Å². The number of alkyl halides is 2. The van der Waals surface area contributed by atoms with Crippen molar-refractivity contribution in [3.8, 4) is 0 Å². The van der Waals surface area contributed by atoms with Gasteiger partial charge in [0.2, 0.25) is 5.91 Å². The molecule has 1 aromatic carbocycles. The van der Waals surface area contributed by atoms with Gasteiger partial charge in [-0.2, -0.15) is 0 Å². The number of carbonyl (C=O) groups is 1. The van der Waals surface area contributed by atoms with Crippen LogP contribution in [0.1, 0.15) is 61.7 Å². The van der Waals surface area contributed by atoms with E-state index >= 15 is 0 Å². The minimum Gasteiger partial charge on any atom is -0.383 e. The molecule has 34 heavy (non-hydrogen) atoms. The SMILES string of the molecule is CC(=O)N1CCC(O)(c2cc3c(N[C@H](C)c4cccc(C(F)F)c4F)ccnc3c(C)n2)CC1. The second kappa shape index (κ2) is 9.21. The van der Waals surface area contributed by atoms with Crippen LogP contribution in [-0.4, -0.2) is 39.0 Å². The zero-order valence-corrected chi connectivity index (χ0v) is 19.3. The minimum atomic E-state index is -2.90. The number of aromatic nitrogens is 2. The van der Waals surface area contributed by atoms with Crippen LogP contribution in [0.2, 0.25) is 0 Å². The standard InChI is InChI=1S/C25H27F3N4O2/c1-14(17-5-4-6-18(22(17)26)24(27)28)30-20-7-10-29-23-15(2)31-21(13-19(20)23)25(34)8-11-32(12-9-25)16(3)33/h4-7,10,13-14,24,34H,8-9,11-12H2,1-3H3,(H,29,30)/t14-/m1/s1. The molecule has 6 nitrogen and oxygen atoms in total. The van der Waals surface area contributed by atoms with Crippen molar-refractivity contribution in [2.24, 2.45) is 0 Å². The lowest BCUT2D eigenvalue weighted by Gasteiger charge is -2.37. The Hall–Kier alpha value is -3.20. The normalized spacial score (nSPS) is 16.6. The summed E-state index contributed by atoms with van der Waals surface area (Å²) in [7, 11) is 0. The van der Waals surface area contributed by atoms with E-state index in [0.717, 1.165) is 6.07 Å². The quantitative estimate of drug-likeness (QED) is 0.545. The summed E-state index contributed by atoms with van der Waals surface area (Å²) in [5.41, 5.74) is 0.647. The second-order valence-electron chi connectivity index (χ2n) is 8.80. The van der Waals surface area contributed by atoms with Crippen molar-refractivity contribution in [1.29, 1.82) is 0 Å². The molecule has 0 saturated carbocycles. The van der Waals surface area contributed by atoms with Gasteiger partial charge in [-0.05, 0) is 38.8 Å². The van der Waals surface area contributed by atoms with Crippen molar-refractivity contribution in [3.63, 3.8) is 0 Å². The Bertz CT molecular complexity index is 1230. The van der Waals surface area contributed by atoms with Gasteiger partial charge in [-0.3, -0.25) is 14.8 Å². The first-order chi connectivity index (χ1) is 16.1. The van der Waals surface area contributed by atoms with Gasteiger partial charge in [0.15, 0.2) is 0 Å². The highest BCUT2D eigenvalue weighted by atomic mass is 19.3. The van der Waals surface area contributed by atoms with Crippen molar-refractivity contribution in [3.05, 3.63) is 64.9 Å². The predicted molar refractivity (Wildman–Crippen MR) is 123 cm³/mol. The zero-order chi connectivity index (χ0) is 24.6. The van der Waals surface area contributed by atoms with Crippen LogP contribution in [-0.2, 0) is 10.4 Å². The first-order valence-electron chi connectivity index (χ1n) is 11.2. The fraction of sp³-hybridized carbons (Fsp3) is 0.400. The molecule has 0 unspecified atom stereocenters. The molecule has 0 aliphatic carbocycles. The third-order valence-corrected chi connectivity index (χ3v) is 6.55. The molecule has 9 heteroatoms. The molecule has 1 aliphatic rings. The summed E-state index contributed by atoms with van der Waals surface area (Å²) < 4.78 is 41.0. The highest BCUT2D eigenvalue weighted by Gasteiger charge is 2.36. The number of carbonyl (C=O) groups excluding carboxylic acids is 1. The van der Waals surface area contributed by atoms with Gasteiger partial charge in [0.1, 0.15) is 11.4 Å². The van der Waals surface area contributed by atoms with Crippen molar-refractivity contribution in [1.82, 2.24) is 14.9 Å². The largest absolute Gasteiger partial charge is 0.383 e. The monoisotopic (exact) mass is 472 g/mol. The number of nitrogens with zero attached hydrogens (tertiary/aromatic N) is 3. The van der Waals surface area contributed by atoms with Crippen molar-refractivity contribution < 1.29 is 23.1 Å². The Labute approximate surface area is 195 Å². The van der Waals surface area contributed by atoms with Crippen molar-refractivity contribution in [2.75, 3.05) is 18.4 Å². The Balaban J connectivity index is 1.69. The summed E-state index contributed by atoms with van der Waals surface area (Å²) in [6.07, 6.45) is -0.594. The molecule has 1 amide bonds. The zero-order valence-electron chi connectivity index (χ0n) is 19.3. The van der Waals surface area contributed by atoms with E-state index in [1.54, 1.807) is 37.1 Å². The van der Waals surface area contributed by atoms with Crippen LogP contribution >= 0.6 is 0 Å². The molecule has 1 aliphatic heterocycles. The van der Waals surface area contributed by atoms with Gasteiger partial charge in [-0.15, -0.1) is 0 Å². The Morgan fingerprint density at radius 3 is 2.53 bits per heavy atom. The number of halogens is 3. The first kappa shape index (κ1) is 23.9. The van der Waals surface area contributed by atoms with Crippen LogP contribution in [0.3, 0.4) is 0 Å². The van der Waals surface area contributed by atoms with Gasteiger partial charge >= 0.3 is 0 Å². The fourth-order valence-electron chi connectivity index (χ4n) is 4.50. The molecule has 0 bridgehead atoms. The molecule has 1 fully saturated rings. The maximum Gasteiger partial charge on any atom is 0.266 e. The summed E-state index contributed by atoms with van der Waals surface area (Å²) in [6, 6.07) is 6.85. The number of aliphatic hydroxyl groups is 1. The lowest BCUT2D eigenvalue weighted by atomic mass is 9.87.